The van der Waals surface area contributed by atoms with Crippen molar-refractivity contribution in [2.75, 3.05) is 0 Å². The molecule has 1 atom stereocenters. The summed E-state index contributed by atoms with van der Waals surface area (Å²) in [5.41, 5.74) is -0.00330. The molecule has 0 bridgehead atoms. The normalized spacial score (nSPS) is 12.9. The summed E-state index contributed by atoms with van der Waals surface area (Å²) >= 11 is 0. The first-order valence-electron chi connectivity index (χ1n) is 7.37. The van der Waals surface area contributed by atoms with E-state index in [0.717, 1.165) is 23.0 Å². The molecule has 6 nitrogen and oxygen atoms in total. The fourth-order valence-electron chi connectivity index (χ4n) is 2.35. The van der Waals surface area contributed by atoms with Crippen LogP contribution in [0.1, 0.15) is 28.4 Å². The number of hydrogen-bond donors (Lipinski definition) is 3. The second-order valence-corrected chi connectivity index (χ2v) is 5.45. The lowest BCUT2D eigenvalue weighted by molar-refractivity contribution is -0.141. The minimum atomic E-state index is -4.63. The molecule has 1 aromatic carbocycles. The minimum absolute atomic E-state index is 0.121. The second kappa shape index (κ2) is 7.34. The van der Waals surface area contributed by atoms with Crippen molar-refractivity contribution in [2.24, 2.45) is 0 Å². The van der Waals surface area contributed by atoms with E-state index < -0.39 is 23.8 Å². The van der Waals surface area contributed by atoms with Gasteiger partial charge in [-0.2, -0.15) is 18.3 Å². The van der Waals surface area contributed by atoms with Crippen LogP contribution in [0.3, 0.4) is 0 Å². The van der Waals surface area contributed by atoms with E-state index >= 15 is 0 Å². The van der Waals surface area contributed by atoms with Crippen molar-refractivity contribution in [2.45, 2.75) is 19.0 Å². The molecule has 1 heterocycles. The van der Waals surface area contributed by atoms with Gasteiger partial charge in [0.2, 0.25) is 0 Å². The lowest BCUT2D eigenvalue weighted by atomic mass is 9.97. The van der Waals surface area contributed by atoms with Gasteiger partial charge in [0.15, 0.2) is 5.69 Å². The van der Waals surface area contributed by atoms with Gasteiger partial charge in [-0.1, -0.05) is 24.3 Å². The van der Waals surface area contributed by atoms with Crippen molar-refractivity contribution in [1.82, 2.24) is 9.78 Å². The summed E-state index contributed by atoms with van der Waals surface area (Å²) in [6.07, 6.45) is -1.41. The van der Waals surface area contributed by atoms with E-state index in [-0.39, 0.29) is 11.5 Å². The fraction of sp³-hybridized carbons (Fsp3) is 0.176. The SMILES string of the molecule is Cc1cc(C(F)(F)F)nn1C(=N)C(C=N)c1cccc(/C=C/C(=O)O)c1. The molecule has 0 amide bonds. The molecule has 2 aromatic rings. The first kappa shape index (κ1) is 19.1. The van der Waals surface area contributed by atoms with Gasteiger partial charge in [0.25, 0.3) is 0 Å². The monoisotopic (exact) mass is 364 g/mol. The van der Waals surface area contributed by atoms with Crippen LogP contribution in [-0.4, -0.2) is 32.9 Å². The Bertz CT molecular complexity index is 884. The zero-order valence-corrected chi connectivity index (χ0v) is 13.6. The Morgan fingerprint density at radius 1 is 1.35 bits per heavy atom. The van der Waals surface area contributed by atoms with Gasteiger partial charge in [0.05, 0.1) is 5.92 Å². The van der Waals surface area contributed by atoms with Gasteiger partial charge in [-0.15, -0.1) is 0 Å². The maximum atomic E-state index is 12.8. The fourth-order valence-corrected chi connectivity index (χ4v) is 2.35. The number of carbonyl (C=O) groups is 1. The number of hydrogen-bond acceptors (Lipinski definition) is 4. The number of alkyl halides is 3. The summed E-state index contributed by atoms with van der Waals surface area (Å²) in [5.74, 6) is -2.38. The van der Waals surface area contributed by atoms with E-state index in [0.29, 0.717) is 11.1 Å². The predicted molar refractivity (Wildman–Crippen MR) is 89.7 cm³/mol. The van der Waals surface area contributed by atoms with E-state index in [4.69, 9.17) is 15.9 Å². The molecule has 3 N–H and O–H groups in total. The van der Waals surface area contributed by atoms with Gasteiger partial charge in [-0.25, -0.2) is 9.48 Å². The lowest BCUT2D eigenvalue weighted by Gasteiger charge is -2.15. The van der Waals surface area contributed by atoms with Gasteiger partial charge >= 0.3 is 12.1 Å². The molecular weight excluding hydrogens is 349 g/mol. The van der Waals surface area contributed by atoms with Crippen molar-refractivity contribution in [3.05, 3.63) is 58.9 Å². The van der Waals surface area contributed by atoms with E-state index in [1.54, 1.807) is 24.3 Å². The van der Waals surface area contributed by atoms with Gasteiger partial charge in [0, 0.05) is 18.0 Å². The number of carboxylic acid groups (broad SMARTS) is 1. The maximum Gasteiger partial charge on any atom is 0.435 e. The Labute approximate surface area is 146 Å². The molecule has 0 saturated carbocycles. The average Bonchev–Trinajstić information content (AvgIpc) is 2.96. The Morgan fingerprint density at radius 3 is 2.58 bits per heavy atom. The summed E-state index contributed by atoms with van der Waals surface area (Å²) in [4.78, 5) is 10.6. The standard InChI is InChI=1S/C17H15F3N4O2/c1-10-7-14(17(18,19)20)23-24(10)16(22)13(9-21)12-4-2-3-11(8-12)5-6-15(25)26/h2-9,13,21-22H,1H3,(H,25,26)/b6-5+,21-9?,22-16?. The largest absolute Gasteiger partial charge is 0.478 e. The third-order valence-electron chi connectivity index (χ3n) is 3.56. The highest BCUT2D eigenvalue weighted by atomic mass is 19.4. The second-order valence-electron chi connectivity index (χ2n) is 5.45. The smallest absolute Gasteiger partial charge is 0.435 e. The summed E-state index contributed by atoms with van der Waals surface area (Å²) in [7, 11) is 0. The quantitative estimate of drug-likeness (QED) is 0.429. The van der Waals surface area contributed by atoms with Crippen molar-refractivity contribution < 1.29 is 23.1 Å². The lowest BCUT2D eigenvalue weighted by Crippen LogP contribution is -2.24. The molecule has 1 aromatic heterocycles. The minimum Gasteiger partial charge on any atom is -0.478 e. The van der Waals surface area contributed by atoms with Crippen LogP contribution in [0.25, 0.3) is 6.08 Å². The molecule has 0 saturated heterocycles. The third kappa shape index (κ3) is 4.24. The first-order chi connectivity index (χ1) is 12.1. The van der Waals surface area contributed by atoms with Crippen LogP contribution < -0.4 is 0 Å². The van der Waals surface area contributed by atoms with Gasteiger partial charge in [-0.3, -0.25) is 5.41 Å². The Kier molecular flexibility index (Phi) is 5.39. The Hall–Kier alpha value is -3.23. The number of aryl methyl sites for hydroxylation is 1. The van der Waals surface area contributed by atoms with Crippen LogP contribution in [0.2, 0.25) is 0 Å². The molecule has 0 aliphatic heterocycles. The molecular formula is C17H15F3N4O2. The molecule has 9 heteroatoms. The number of rotatable bonds is 5. The molecule has 26 heavy (non-hydrogen) atoms. The third-order valence-corrected chi connectivity index (χ3v) is 3.56. The number of aromatic nitrogens is 2. The number of nitrogens with zero attached hydrogens (tertiary/aromatic N) is 2. The number of halogens is 3. The highest BCUT2D eigenvalue weighted by Gasteiger charge is 2.35. The molecule has 0 spiro atoms. The highest BCUT2D eigenvalue weighted by Crippen LogP contribution is 2.29. The highest BCUT2D eigenvalue weighted by molar-refractivity contribution is 6.01. The molecule has 0 aliphatic carbocycles. The summed E-state index contributed by atoms with van der Waals surface area (Å²) in [6, 6.07) is 7.24. The van der Waals surface area contributed by atoms with Crippen molar-refractivity contribution >= 4 is 24.1 Å². The zero-order valence-electron chi connectivity index (χ0n) is 13.6. The Balaban J connectivity index is 2.38. The molecule has 2 rings (SSSR count). The van der Waals surface area contributed by atoms with E-state index in [1.807, 2.05) is 0 Å². The first-order valence-corrected chi connectivity index (χ1v) is 7.37. The summed E-state index contributed by atoms with van der Waals surface area (Å²) in [6.45, 7) is 1.39. The molecule has 0 fully saturated rings. The van der Waals surface area contributed by atoms with Crippen molar-refractivity contribution in [3.63, 3.8) is 0 Å². The number of benzene rings is 1. The molecule has 0 aliphatic rings. The zero-order chi connectivity index (χ0) is 19.5. The van der Waals surface area contributed by atoms with Crippen LogP contribution in [0.15, 0.2) is 36.4 Å². The number of aliphatic carboxylic acids is 1. The number of nitrogens with one attached hydrogen (secondary N) is 2. The van der Waals surface area contributed by atoms with Gasteiger partial charge in [-0.05, 0) is 30.2 Å². The number of carboxylic acids is 1. The Morgan fingerprint density at radius 2 is 2.04 bits per heavy atom. The molecule has 0 radical (unpaired) electrons. The maximum absolute atomic E-state index is 12.8. The predicted octanol–water partition coefficient (Wildman–Crippen LogP) is 3.57. The topological polar surface area (TPSA) is 103 Å². The van der Waals surface area contributed by atoms with Crippen molar-refractivity contribution in [3.8, 4) is 0 Å². The van der Waals surface area contributed by atoms with E-state index in [9.17, 15) is 18.0 Å². The van der Waals surface area contributed by atoms with Gasteiger partial charge in [0.1, 0.15) is 5.84 Å². The van der Waals surface area contributed by atoms with Crippen LogP contribution in [-0.2, 0) is 11.0 Å². The molecule has 1 unspecified atom stereocenters. The van der Waals surface area contributed by atoms with Crippen LogP contribution >= 0.6 is 0 Å². The van der Waals surface area contributed by atoms with E-state index in [2.05, 4.69) is 5.10 Å². The van der Waals surface area contributed by atoms with E-state index in [1.165, 1.54) is 13.0 Å². The van der Waals surface area contributed by atoms with Crippen LogP contribution in [0, 0.1) is 17.7 Å². The summed E-state index contributed by atoms with van der Waals surface area (Å²) in [5, 5.41) is 27.9. The van der Waals surface area contributed by atoms with Gasteiger partial charge < -0.3 is 10.5 Å². The average molecular weight is 364 g/mol. The molecule has 136 valence electrons. The van der Waals surface area contributed by atoms with Crippen LogP contribution in [0.4, 0.5) is 13.2 Å². The summed E-state index contributed by atoms with van der Waals surface area (Å²) < 4.78 is 39.3. The van der Waals surface area contributed by atoms with Crippen LogP contribution in [0.5, 0.6) is 0 Å². The van der Waals surface area contributed by atoms with Crippen molar-refractivity contribution in [1.29, 1.82) is 10.8 Å².